The van der Waals surface area contributed by atoms with Crippen LogP contribution >= 0.6 is 0 Å². The molecule has 0 spiro atoms. The average molecular weight is 620 g/mol. The number of rotatable bonds is 9. The molecule has 9 nitrogen and oxygen atoms in total. The second-order valence-electron chi connectivity index (χ2n) is 13.6. The van der Waals surface area contributed by atoms with E-state index in [0.717, 1.165) is 36.6 Å². The molecule has 4 heterocycles. The van der Waals surface area contributed by atoms with Gasteiger partial charge in [0, 0.05) is 54.8 Å². The van der Waals surface area contributed by atoms with Crippen LogP contribution in [0.1, 0.15) is 49.4 Å². The minimum Gasteiger partial charge on any atom is -0.463 e. The number of amides is 1. The largest absolute Gasteiger partial charge is 0.463 e. The summed E-state index contributed by atoms with van der Waals surface area (Å²) in [6, 6.07) is 13.3. The van der Waals surface area contributed by atoms with E-state index in [9.17, 15) is 4.79 Å². The first-order valence-electron chi connectivity index (χ1n) is 17.0. The normalized spacial score (nSPS) is 21.1. The van der Waals surface area contributed by atoms with Gasteiger partial charge in [0.2, 0.25) is 12.5 Å². The number of allylic oxidation sites excluding steroid dienone is 1. The lowest BCUT2D eigenvalue weighted by Crippen LogP contribution is -2.56. The Kier molecular flexibility index (Phi) is 8.56. The maximum absolute atomic E-state index is 12.9. The molecule has 46 heavy (non-hydrogen) atoms. The fourth-order valence-electron chi connectivity index (χ4n) is 7.68. The van der Waals surface area contributed by atoms with E-state index in [4.69, 9.17) is 21.3 Å². The Morgan fingerprint density at radius 3 is 2.63 bits per heavy atom. The predicted molar refractivity (Wildman–Crippen MR) is 182 cm³/mol. The van der Waals surface area contributed by atoms with E-state index in [1.54, 1.807) is 12.2 Å². The van der Waals surface area contributed by atoms with Crippen molar-refractivity contribution in [3.05, 3.63) is 76.8 Å². The van der Waals surface area contributed by atoms with Crippen LogP contribution in [0.2, 0.25) is 0 Å². The predicted octanol–water partition coefficient (Wildman–Crippen LogP) is 5.27. The Bertz CT molecular complexity index is 1660. The van der Waals surface area contributed by atoms with Gasteiger partial charge in [0.15, 0.2) is 0 Å². The SMILES string of the molecule is [C-]#[N+]CC1CN(c2nc(OCC3(CN4CCCC4)CC3)nc3c2CCN(c2cccc4cccc(C)c24)C3)CCN1C(=O)/C=C/C. The Balaban J connectivity index is 1.20. The topological polar surface area (TPSA) is 69.4 Å². The van der Waals surface area contributed by atoms with Crippen molar-refractivity contribution < 1.29 is 9.53 Å². The van der Waals surface area contributed by atoms with Gasteiger partial charge in [-0.3, -0.25) is 4.79 Å². The molecule has 3 aromatic rings. The first kappa shape index (κ1) is 30.5. The molecule has 240 valence electrons. The lowest BCUT2D eigenvalue weighted by molar-refractivity contribution is -0.128. The highest BCUT2D eigenvalue weighted by molar-refractivity contribution is 5.97. The standard InChI is InChI=1S/C37H45N7O2/c1-4-9-33(45)44-21-20-43(23-29(44)22-38-3)35-30-14-19-42(32-13-8-12-28-11-7-10-27(2)34(28)32)24-31(30)39-36(40-35)46-26-37(15-16-37)25-41-17-5-6-18-41/h4,7-13,29H,5-6,14-26H2,1-2H3/b9-4+. The molecule has 1 unspecified atom stereocenters. The molecule has 1 saturated carbocycles. The molecule has 9 heteroatoms. The third-order valence-electron chi connectivity index (χ3n) is 10.4. The molecular weight excluding hydrogens is 574 g/mol. The van der Waals surface area contributed by atoms with Crippen LogP contribution in [0.4, 0.5) is 11.5 Å². The zero-order chi connectivity index (χ0) is 31.7. The van der Waals surface area contributed by atoms with Crippen molar-refractivity contribution in [2.75, 3.05) is 68.8 Å². The smallest absolute Gasteiger partial charge is 0.318 e. The number of hydrogen-bond acceptors (Lipinski definition) is 7. The molecule has 1 atom stereocenters. The molecule has 0 N–H and O–H groups in total. The van der Waals surface area contributed by atoms with Crippen LogP contribution in [-0.2, 0) is 17.8 Å². The molecule has 2 aromatic carbocycles. The van der Waals surface area contributed by atoms with Gasteiger partial charge in [-0.25, -0.2) is 6.57 Å². The summed E-state index contributed by atoms with van der Waals surface area (Å²) in [4.78, 5) is 35.9. The van der Waals surface area contributed by atoms with Gasteiger partial charge in [-0.1, -0.05) is 36.4 Å². The number of hydrogen-bond donors (Lipinski definition) is 0. The molecule has 7 rings (SSSR count). The number of carbonyl (C=O) groups excluding carboxylic acids is 1. The van der Waals surface area contributed by atoms with Crippen molar-refractivity contribution in [1.29, 1.82) is 0 Å². The van der Waals surface area contributed by atoms with Crippen molar-refractivity contribution in [2.45, 2.75) is 58.5 Å². The van der Waals surface area contributed by atoms with Crippen LogP contribution in [0.25, 0.3) is 15.6 Å². The molecule has 0 bridgehead atoms. The van der Waals surface area contributed by atoms with E-state index in [1.165, 1.54) is 60.8 Å². The van der Waals surface area contributed by atoms with E-state index in [0.29, 0.717) is 38.8 Å². The number of likely N-dealkylation sites (tertiary alicyclic amines) is 1. The molecule has 3 fully saturated rings. The summed E-state index contributed by atoms with van der Waals surface area (Å²) in [7, 11) is 0. The summed E-state index contributed by atoms with van der Waals surface area (Å²) in [5.74, 6) is 0.879. The number of ether oxygens (including phenoxy) is 1. The van der Waals surface area contributed by atoms with Gasteiger partial charge in [-0.05, 0) is 82.1 Å². The summed E-state index contributed by atoms with van der Waals surface area (Å²) >= 11 is 0. The second-order valence-corrected chi connectivity index (χ2v) is 13.6. The number of piperazine rings is 1. The van der Waals surface area contributed by atoms with Gasteiger partial charge in [0.05, 0.1) is 18.8 Å². The summed E-state index contributed by atoms with van der Waals surface area (Å²) in [5.41, 5.74) is 4.88. The zero-order valence-corrected chi connectivity index (χ0v) is 27.2. The highest BCUT2D eigenvalue weighted by atomic mass is 16.5. The molecule has 1 aliphatic carbocycles. The zero-order valence-electron chi connectivity index (χ0n) is 27.2. The molecular formula is C37H45N7O2. The third-order valence-corrected chi connectivity index (χ3v) is 10.4. The lowest BCUT2D eigenvalue weighted by atomic mass is 9.99. The minimum atomic E-state index is -0.195. The Morgan fingerprint density at radius 1 is 1.07 bits per heavy atom. The van der Waals surface area contributed by atoms with Crippen molar-refractivity contribution in [3.8, 4) is 6.01 Å². The van der Waals surface area contributed by atoms with Gasteiger partial charge in [0.1, 0.15) is 11.9 Å². The summed E-state index contributed by atoms with van der Waals surface area (Å²) in [6.07, 6.45) is 9.16. The van der Waals surface area contributed by atoms with Crippen LogP contribution in [0.5, 0.6) is 6.01 Å². The molecule has 4 aliphatic rings. The van der Waals surface area contributed by atoms with Crippen LogP contribution in [0.3, 0.4) is 0 Å². The van der Waals surface area contributed by atoms with Crippen LogP contribution < -0.4 is 14.5 Å². The van der Waals surface area contributed by atoms with Crippen molar-refractivity contribution in [3.63, 3.8) is 0 Å². The van der Waals surface area contributed by atoms with Gasteiger partial charge in [0.25, 0.3) is 0 Å². The van der Waals surface area contributed by atoms with Gasteiger partial charge < -0.3 is 29.2 Å². The maximum Gasteiger partial charge on any atom is 0.318 e. The van der Waals surface area contributed by atoms with Crippen LogP contribution in [0.15, 0.2) is 48.6 Å². The molecule has 1 aromatic heterocycles. The van der Waals surface area contributed by atoms with Crippen LogP contribution in [0, 0.1) is 18.9 Å². The molecule has 0 radical (unpaired) electrons. The first-order valence-corrected chi connectivity index (χ1v) is 17.0. The fourth-order valence-corrected chi connectivity index (χ4v) is 7.68. The highest BCUT2D eigenvalue weighted by Crippen LogP contribution is 2.47. The fraction of sp³-hybridized carbons (Fsp3) is 0.514. The molecule has 2 saturated heterocycles. The van der Waals surface area contributed by atoms with E-state index in [-0.39, 0.29) is 23.9 Å². The first-order chi connectivity index (χ1) is 22.5. The Labute approximate surface area is 272 Å². The van der Waals surface area contributed by atoms with Gasteiger partial charge in [-0.2, -0.15) is 9.97 Å². The number of anilines is 2. The number of aryl methyl sites for hydroxylation is 1. The number of nitrogens with zero attached hydrogens (tertiary/aromatic N) is 7. The second kappa shape index (κ2) is 12.9. The lowest BCUT2D eigenvalue weighted by Gasteiger charge is -2.41. The third kappa shape index (κ3) is 6.15. The Morgan fingerprint density at radius 2 is 1.87 bits per heavy atom. The minimum absolute atomic E-state index is 0.0294. The van der Waals surface area contributed by atoms with E-state index < -0.39 is 0 Å². The monoisotopic (exact) mass is 619 g/mol. The van der Waals surface area contributed by atoms with Crippen molar-refractivity contribution in [2.24, 2.45) is 5.41 Å². The summed E-state index contributed by atoms with van der Waals surface area (Å²) < 4.78 is 6.52. The number of carbonyl (C=O) groups is 1. The van der Waals surface area contributed by atoms with Gasteiger partial charge in [-0.15, -0.1) is 0 Å². The van der Waals surface area contributed by atoms with E-state index >= 15 is 0 Å². The van der Waals surface area contributed by atoms with Crippen molar-refractivity contribution >= 4 is 28.2 Å². The summed E-state index contributed by atoms with van der Waals surface area (Å²) in [6.45, 7) is 19.4. The molecule has 3 aliphatic heterocycles. The van der Waals surface area contributed by atoms with Crippen LogP contribution in [-0.4, -0.2) is 90.7 Å². The van der Waals surface area contributed by atoms with Gasteiger partial charge >= 0.3 is 6.01 Å². The maximum atomic E-state index is 12.9. The Hall–Kier alpha value is -4.16. The molecule has 1 amide bonds. The van der Waals surface area contributed by atoms with E-state index in [2.05, 4.69) is 62.9 Å². The van der Waals surface area contributed by atoms with E-state index in [1.807, 2.05) is 11.8 Å². The highest BCUT2D eigenvalue weighted by Gasteiger charge is 2.45. The number of benzene rings is 2. The average Bonchev–Trinajstić information content (AvgIpc) is 3.64. The quantitative estimate of drug-likeness (QED) is 0.239. The number of fused-ring (bicyclic) bond motifs is 2. The van der Waals surface area contributed by atoms with Crippen molar-refractivity contribution in [1.82, 2.24) is 19.8 Å². The summed E-state index contributed by atoms with van der Waals surface area (Å²) in [5, 5.41) is 2.54. The number of aromatic nitrogens is 2.